The fraction of sp³-hybridized carbons (Fsp3) is 0.167. The number of hydrogen-bond donors (Lipinski definition) is 1. The molecule has 0 radical (unpaired) electrons. The van der Waals surface area contributed by atoms with E-state index in [2.05, 4.69) is 5.43 Å². The van der Waals surface area contributed by atoms with E-state index in [0.717, 1.165) is 10.9 Å². The number of aromatic nitrogens is 1. The maximum absolute atomic E-state index is 11.0. The van der Waals surface area contributed by atoms with Gasteiger partial charge in [0.15, 0.2) is 0 Å². The van der Waals surface area contributed by atoms with Gasteiger partial charge in [0.2, 0.25) is 0 Å². The van der Waals surface area contributed by atoms with Gasteiger partial charge in [-0.25, -0.2) is 4.68 Å². The number of hydrogen-bond acceptors (Lipinski definition) is 3. The van der Waals surface area contributed by atoms with Crippen molar-refractivity contribution in [3.05, 3.63) is 28.6 Å². The van der Waals surface area contributed by atoms with Gasteiger partial charge in [-0.05, 0) is 6.07 Å². The highest BCUT2D eigenvalue weighted by molar-refractivity contribution is 7.99. The molecular formula is C6H6N2OS. The molecule has 0 saturated heterocycles. The van der Waals surface area contributed by atoms with E-state index in [1.54, 1.807) is 28.6 Å². The Labute approximate surface area is 62.0 Å². The summed E-state index contributed by atoms with van der Waals surface area (Å²) in [5.74, 6) is 0.791. The van der Waals surface area contributed by atoms with E-state index >= 15 is 0 Å². The summed E-state index contributed by atoms with van der Waals surface area (Å²) >= 11 is 1.63. The van der Waals surface area contributed by atoms with E-state index in [-0.39, 0.29) is 5.56 Å². The Balaban J connectivity index is 2.70. The first-order valence-electron chi connectivity index (χ1n) is 2.97. The van der Waals surface area contributed by atoms with Gasteiger partial charge in [0, 0.05) is 6.07 Å². The minimum atomic E-state index is 0.0162. The fourth-order valence-electron chi connectivity index (χ4n) is 0.910. The lowest BCUT2D eigenvalue weighted by Gasteiger charge is -1.98. The van der Waals surface area contributed by atoms with Gasteiger partial charge in [-0.1, -0.05) is 17.8 Å². The molecule has 0 aliphatic carbocycles. The normalized spacial score (nSPS) is 14.4. The Bertz CT molecular complexity index is 307. The quantitative estimate of drug-likeness (QED) is 0.589. The van der Waals surface area contributed by atoms with Crippen molar-refractivity contribution in [2.45, 2.75) is 5.03 Å². The van der Waals surface area contributed by atoms with E-state index in [1.165, 1.54) is 0 Å². The Morgan fingerprint density at radius 3 is 3.30 bits per heavy atom. The van der Waals surface area contributed by atoms with Crippen LogP contribution >= 0.6 is 11.8 Å². The fourth-order valence-corrected chi connectivity index (χ4v) is 1.71. The van der Waals surface area contributed by atoms with Crippen LogP contribution in [0.15, 0.2) is 28.0 Å². The molecule has 0 unspecified atom stereocenters. The zero-order valence-electron chi connectivity index (χ0n) is 5.20. The second kappa shape index (κ2) is 2.05. The molecule has 0 fully saturated rings. The van der Waals surface area contributed by atoms with Gasteiger partial charge in [0.1, 0.15) is 5.03 Å². The molecule has 10 heavy (non-hydrogen) atoms. The van der Waals surface area contributed by atoms with Crippen LogP contribution in [-0.2, 0) is 0 Å². The zero-order chi connectivity index (χ0) is 6.97. The number of fused-ring (bicyclic) bond motifs is 1. The summed E-state index contributed by atoms with van der Waals surface area (Å²) in [4.78, 5) is 11.0. The highest BCUT2D eigenvalue weighted by Crippen LogP contribution is 2.18. The summed E-state index contributed by atoms with van der Waals surface area (Å²) in [5.41, 5.74) is 2.95. The molecule has 2 heterocycles. The molecule has 0 aromatic carbocycles. The van der Waals surface area contributed by atoms with E-state index in [4.69, 9.17) is 0 Å². The monoisotopic (exact) mass is 154 g/mol. The number of pyridine rings is 1. The lowest BCUT2D eigenvalue weighted by atomic mass is 10.5. The van der Waals surface area contributed by atoms with Crippen molar-refractivity contribution in [2.24, 2.45) is 0 Å². The third-order valence-corrected chi connectivity index (χ3v) is 2.25. The summed E-state index contributed by atoms with van der Waals surface area (Å²) < 4.78 is 1.56. The molecule has 1 aliphatic rings. The Morgan fingerprint density at radius 1 is 1.60 bits per heavy atom. The molecule has 0 bridgehead atoms. The molecule has 1 aromatic rings. The van der Waals surface area contributed by atoms with Crippen LogP contribution in [0.5, 0.6) is 0 Å². The number of nitrogens with zero attached hydrogens (tertiary/aromatic N) is 1. The van der Waals surface area contributed by atoms with Crippen LogP contribution < -0.4 is 11.0 Å². The van der Waals surface area contributed by atoms with Crippen molar-refractivity contribution in [1.82, 2.24) is 4.68 Å². The highest BCUT2D eigenvalue weighted by atomic mass is 32.2. The average molecular weight is 154 g/mol. The number of nitrogens with one attached hydrogen (secondary N) is 1. The van der Waals surface area contributed by atoms with E-state index in [9.17, 15) is 4.79 Å². The average Bonchev–Trinajstić information content (AvgIpc) is 2.36. The van der Waals surface area contributed by atoms with Gasteiger partial charge >= 0.3 is 0 Å². The van der Waals surface area contributed by atoms with Crippen LogP contribution in [0.2, 0.25) is 0 Å². The molecule has 52 valence electrons. The molecule has 1 aliphatic heterocycles. The molecular weight excluding hydrogens is 148 g/mol. The number of thioether (sulfide) groups is 1. The Hall–Kier alpha value is -0.900. The first-order chi connectivity index (χ1) is 4.88. The molecule has 0 spiro atoms. The van der Waals surface area contributed by atoms with Gasteiger partial charge in [-0.2, -0.15) is 0 Å². The summed E-state index contributed by atoms with van der Waals surface area (Å²) in [6.45, 7) is 0. The standard InChI is InChI=1S/C6H6N2OS/c9-5-2-1-3-6-8(5)7-4-10-6/h1-3,7H,4H2. The van der Waals surface area contributed by atoms with Gasteiger partial charge in [-0.15, -0.1) is 0 Å². The van der Waals surface area contributed by atoms with Gasteiger partial charge in [0.05, 0.1) is 5.88 Å². The third kappa shape index (κ3) is 0.724. The molecule has 4 heteroatoms. The van der Waals surface area contributed by atoms with Gasteiger partial charge < -0.3 is 5.43 Å². The van der Waals surface area contributed by atoms with E-state index in [0.29, 0.717) is 0 Å². The van der Waals surface area contributed by atoms with E-state index in [1.807, 2.05) is 6.07 Å². The predicted molar refractivity (Wildman–Crippen MR) is 40.8 cm³/mol. The van der Waals surface area contributed by atoms with Crippen LogP contribution in [0.4, 0.5) is 0 Å². The SMILES string of the molecule is O=c1cccc2n1NCS2. The highest BCUT2D eigenvalue weighted by Gasteiger charge is 2.08. The Morgan fingerprint density at radius 2 is 2.50 bits per heavy atom. The second-order valence-electron chi connectivity index (χ2n) is 1.98. The van der Waals surface area contributed by atoms with Gasteiger partial charge in [0.25, 0.3) is 5.56 Å². The van der Waals surface area contributed by atoms with Gasteiger partial charge in [-0.3, -0.25) is 4.79 Å². The second-order valence-corrected chi connectivity index (χ2v) is 2.98. The van der Waals surface area contributed by atoms with Crippen LogP contribution in [0.25, 0.3) is 0 Å². The molecule has 2 rings (SSSR count). The molecule has 3 nitrogen and oxygen atoms in total. The molecule has 0 atom stereocenters. The first-order valence-corrected chi connectivity index (χ1v) is 3.95. The van der Waals surface area contributed by atoms with Crippen LogP contribution in [0, 0.1) is 0 Å². The topological polar surface area (TPSA) is 34.0 Å². The minimum absolute atomic E-state index is 0.0162. The van der Waals surface area contributed by atoms with Crippen molar-refractivity contribution in [1.29, 1.82) is 0 Å². The largest absolute Gasteiger partial charge is 0.312 e. The zero-order valence-corrected chi connectivity index (χ0v) is 6.02. The molecule has 0 saturated carbocycles. The summed E-state index contributed by atoms with van der Waals surface area (Å²) in [6.07, 6.45) is 0. The van der Waals surface area contributed by atoms with Crippen molar-refractivity contribution in [3.8, 4) is 0 Å². The van der Waals surface area contributed by atoms with Crippen molar-refractivity contribution < 1.29 is 0 Å². The minimum Gasteiger partial charge on any atom is -0.312 e. The lowest BCUT2D eigenvalue weighted by Crippen LogP contribution is -2.24. The lowest BCUT2D eigenvalue weighted by molar-refractivity contribution is 0.800. The number of rotatable bonds is 0. The summed E-state index contributed by atoms with van der Waals surface area (Å²) in [7, 11) is 0. The van der Waals surface area contributed by atoms with Crippen LogP contribution in [0.3, 0.4) is 0 Å². The summed E-state index contributed by atoms with van der Waals surface area (Å²) in [6, 6.07) is 5.24. The Kier molecular flexibility index (Phi) is 1.20. The molecule has 1 aromatic heterocycles. The maximum atomic E-state index is 11.0. The van der Waals surface area contributed by atoms with Crippen molar-refractivity contribution >= 4 is 11.8 Å². The third-order valence-electron chi connectivity index (χ3n) is 1.36. The predicted octanol–water partition coefficient (Wildman–Crippen LogP) is 0.455. The summed E-state index contributed by atoms with van der Waals surface area (Å²) in [5, 5.41) is 0.993. The van der Waals surface area contributed by atoms with Crippen LogP contribution in [-0.4, -0.2) is 10.6 Å². The van der Waals surface area contributed by atoms with Crippen LogP contribution in [0.1, 0.15) is 0 Å². The molecule has 1 N–H and O–H groups in total. The smallest absolute Gasteiger partial charge is 0.269 e. The van der Waals surface area contributed by atoms with Crippen molar-refractivity contribution in [3.63, 3.8) is 0 Å². The molecule has 0 amide bonds. The van der Waals surface area contributed by atoms with Crippen molar-refractivity contribution in [2.75, 3.05) is 11.3 Å². The maximum Gasteiger partial charge on any atom is 0.269 e. The van der Waals surface area contributed by atoms with E-state index < -0.39 is 0 Å². The first kappa shape index (κ1) is 5.85.